The van der Waals surface area contributed by atoms with Crippen LogP contribution in [0.4, 0.5) is 23.5 Å². The van der Waals surface area contributed by atoms with E-state index in [1.807, 2.05) is 0 Å². The summed E-state index contributed by atoms with van der Waals surface area (Å²) in [5.74, 6) is -0.883. The lowest BCUT2D eigenvalue weighted by Crippen LogP contribution is -2.18. The Morgan fingerprint density at radius 3 is 2.47 bits per heavy atom. The molecule has 10 heteroatoms. The van der Waals surface area contributed by atoms with Gasteiger partial charge in [-0.3, -0.25) is 4.79 Å². The summed E-state index contributed by atoms with van der Waals surface area (Å²) in [4.78, 5) is 22.2. The smallest absolute Gasteiger partial charge is 0.417 e. The van der Waals surface area contributed by atoms with E-state index >= 15 is 0 Å². The highest BCUT2D eigenvalue weighted by atomic mass is 19.4. The molecule has 0 fully saturated rings. The SMILES string of the molecule is Cc1ccc(-c2nc(N)nc3c2C(=O)N(C)C3=Cc2ccc(F)cc2C(F)(F)F)o1. The van der Waals surface area contributed by atoms with E-state index in [1.165, 1.54) is 7.05 Å². The van der Waals surface area contributed by atoms with Gasteiger partial charge in [0.05, 0.1) is 16.8 Å². The van der Waals surface area contributed by atoms with E-state index in [0.717, 1.165) is 23.1 Å². The van der Waals surface area contributed by atoms with Crippen LogP contribution in [0, 0.1) is 12.7 Å². The molecular formula is C20H14F4N4O2. The van der Waals surface area contributed by atoms with Crippen molar-refractivity contribution in [1.82, 2.24) is 14.9 Å². The van der Waals surface area contributed by atoms with E-state index in [-0.39, 0.29) is 39.9 Å². The number of benzene rings is 1. The van der Waals surface area contributed by atoms with Crippen molar-refractivity contribution in [2.24, 2.45) is 0 Å². The van der Waals surface area contributed by atoms with Gasteiger partial charge >= 0.3 is 6.18 Å². The first-order valence-corrected chi connectivity index (χ1v) is 8.67. The number of halogens is 4. The lowest BCUT2D eigenvalue weighted by atomic mass is 10.0. The number of amides is 1. The molecule has 0 saturated heterocycles. The Kier molecular flexibility index (Phi) is 4.37. The molecule has 0 unspecified atom stereocenters. The van der Waals surface area contributed by atoms with Gasteiger partial charge in [0.25, 0.3) is 5.91 Å². The lowest BCUT2D eigenvalue weighted by molar-refractivity contribution is -0.137. The van der Waals surface area contributed by atoms with E-state index in [0.29, 0.717) is 11.8 Å². The number of hydrogen-bond acceptors (Lipinski definition) is 5. The molecule has 1 amide bonds. The number of anilines is 1. The number of nitrogens with zero attached hydrogens (tertiary/aromatic N) is 3. The van der Waals surface area contributed by atoms with Crippen molar-refractivity contribution in [3.63, 3.8) is 0 Å². The molecule has 2 N–H and O–H groups in total. The Bertz CT molecular complexity index is 1210. The summed E-state index contributed by atoms with van der Waals surface area (Å²) >= 11 is 0. The molecule has 0 aliphatic carbocycles. The summed E-state index contributed by atoms with van der Waals surface area (Å²) in [7, 11) is 1.39. The van der Waals surface area contributed by atoms with Crippen LogP contribution in [0.15, 0.2) is 34.7 Å². The molecule has 3 aromatic rings. The van der Waals surface area contributed by atoms with Crippen LogP contribution in [0.25, 0.3) is 23.2 Å². The molecule has 0 saturated carbocycles. The van der Waals surface area contributed by atoms with E-state index in [9.17, 15) is 22.4 Å². The molecule has 6 nitrogen and oxygen atoms in total. The monoisotopic (exact) mass is 418 g/mol. The van der Waals surface area contributed by atoms with Gasteiger partial charge in [-0.1, -0.05) is 6.07 Å². The zero-order chi connectivity index (χ0) is 21.8. The predicted octanol–water partition coefficient (Wildman–Crippen LogP) is 4.37. The Morgan fingerprint density at radius 2 is 1.83 bits per heavy atom. The second-order valence-corrected chi connectivity index (χ2v) is 6.69. The van der Waals surface area contributed by atoms with Gasteiger partial charge in [-0.05, 0) is 42.8 Å². The molecule has 3 heterocycles. The van der Waals surface area contributed by atoms with Crippen LogP contribution in [0.5, 0.6) is 0 Å². The minimum absolute atomic E-state index is 0.0583. The van der Waals surface area contributed by atoms with E-state index in [1.54, 1.807) is 19.1 Å². The number of aryl methyl sites for hydroxylation is 1. The second-order valence-electron chi connectivity index (χ2n) is 6.69. The van der Waals surface area contributed by atoms with Crippen molar-refractivity contribution in [3.8, 4) is 11.5 Å². The number of rotatable bonds is 2. The van der Waals surface area contributed by atoms with E-state index in [2.05, 4.69) is 9.97 Å². The Balaban J connectivity index is 1.95. The summed E-state index contributed by atoms with van der Waals surface area (Å²) < 4.78 is 59.1. The third-order valence-electron chi connectivity index (χ3n) is 4.64. The van der Waals surface area contributed by atoms with Gasteiger partial charge in [-0.15, -0.1) is 0 Å². The first-order chi connectivity index (χ1) is 14.1. The fraction of sp³-hybridized carbons (Fsp3) is 0.150. The second kappa shape index (κ2) is 6.68. The molecule has 2 aromatic heterocycles. The minimum Gasteiger partial charge on any atom is -0.460 e. The van der Waals surface area contributed by atoms with Crippen molar-refractivity contribution in [1.29, 1.82) is 0 Å². The van der Waals surface area contributed by atoms with Crippen LogP contribution in [-0.4, -0.2) is 27.8 Å². The van der Waals surface area contributed by atoms with Crippen LogP contribution in [0.3, 0.4) is 0 Å². The molecular weight excluding hydrogens is 404 g/mol. The number of alkyl halides is 3. The maximum absolute atomic E-state index is 13.4. The zero-order valence-electron chi connectivity index (χ0n) is 15.7. The van der Waals surface area contributed by atoms with Crippen LogP contribution < -0.4 is 5.73 Å². The number of carbonyl (C=O) groups excluding carboxylic acids is 1. The summed E-state index contributed by atoms with van der Waals surface area (Å²) in [6.45, 7) is 1.71. The largest absolute Gasteiger partial charge is 0.460 e. The Morgan fingerprint density at radius 1 is 1.13 bits per heavy atom. The van der Waals surface area contributed by atoms with E-state index < -0.39 is 23.5 Å². The van der Waals surface area contributed by atoms with Crippen molar-refractivity contribution >= 4 is 23.6 Å². The van der Waals surface area contributed by atoms with Gasteiger partial charge in [-0.2, -0.15) is 13.2 Å². The van der Waals surface area contributed by atoms with Gasteiger partial charge in [0.1, 0.15) is 23.0 Å². The molecule has 4 rings (SSSR count). The summed E-state index contributed by atoms with van der Waals surface area (Å²) in [6, 6.07) is 5.57. The highest BCUT2D eigenvalue weighted by Crippen LogP contribution is 2.40. The van der Waals surface area contributed by atoms with Crippen LogP contribution >= 0.6 is 0 Å². The van der Waals surface area contributed by atoms with Crippen LogP contribution in [0.1, 0.15) is 32.9 Å². The minimum atomic E-state index is -4.79. The highest BCUT2D eigenvalue weighted by molar-refractivity contribution is 6.14. The molecule has 0 bridgehead atoms. The molecule has 0 atom stereocenters. The molecule has 1 aromatic carbocycles. The maximum Gasteiger partial charge on any atom is 0.417 e. The fourth-order valence-electron chi connectivity index (χ4n) is 3.25. The van der Waals surface area contributed by atoms with Crippen molar-refractivity contribution in [2.45, 2.75) is 13.1 Å². The normalized spacial score (nSPS) is 15.2. The van der Waals surface area contributed by atoms with Gasteiger partial charge in [-0.25, -0.2) is 14.4 Å². The third-order valence-corrected chi connectivity index (χ3v) is 4.64. The van der Waals surface area contributed by atoms with Gasteiger partial charge in [0, 0.05) is 7.05 Å². The first-order valence-electron chi connectivity index (χ1n) is 8.67. The number of carbonyl (C=O) groups is 1. The van der Waals surface area contributed by atoms with Crippen molar-refractivity contribution in [2.75, 3.05) is 12.8 Å². The highest BCUT2D eigenvalue weighted by Gasteiger charge is 2.38. The van der Waals surface area contributed by atoms with Gasteiger partial charge < -0.3 is 15.1 Å². The topological polar surface area (TPSA) is 85.2 Å². The number of nitrogens with two attached hydrogens (primary N) is 1. The molecule has 1 aliphatic heterocycles. The molecule has 0 spiro atoms. The van der Waals surface area contributed by atoms with E-state index in [4.69, 9.17) is 10.2 Å². The molecule has 30 heavy (non-hydrogen) atoms. The standard InChI is InChI=1S/C20H14F4N4O2/c1-9-3-6-14(30-9)17-15-16(26-19(25)27-17)13(28(2)18(15)29)7-10-4-5-11(21)8-12(10)20(22,23)24/h3-8H,1-2H3,(H2,25,26,27). The third kappa shape index (κ3) is 3.19. The van der Waals surface area contributed by atoms with Crippen LogP contribution in [0.2, 0.25) is 0 Å². The maximum atomic E-state index is 13.4. The number of fused-ring (bicyclic) bond motifs is 1. The van der Waals surface area contributed by atoms with Gasteiger partial charge in [0.2, 0.25) is 5.95 Å². The van der Waals surface area contributed by atoms with Crippen molar-refractivity contribution in [3.05, 3.63) is 64.3 Å². The van der Waals surface area contributed by atoms with Crippen LogP contribution in [-0.2, 0) is 6.18 Å². The van der Waals surface area contributed by atoms with Crippen molar-refractivity contribution < 1.29 is 26.8 Å². The first kappa shape index (κ1) is 19.6. The predicted molar refractivity (Wildman–Crippen MR) is 100 cm³/mol. The zero-order valence-corrected chi connectivity index (χ0v) is 15.7. The molecule has 154 valence electrons. The number of hydrogen-bond donors (Lipinski definition) is 1. The average Bonchev–Trinajstić information content (AvgIpc) is 3.19. The molecule has 1 aliphatic rings. The fourth-order valence-corrected chi connectivity index (χ4v) is 3.25. The lowest BCUT2D eigenvalue weighted by Gasteiger charge is -2.14. The number of furan rings is 1. The molecule has 0 radical (unpaired) electrons. The summed E-state index contributed by atoms with van der Waals surface area (Å²) in [5.41, 5.74) is 4.64. The number of aromatic nitrogens is 2. The number of nitrogen functional groups attached to an aromatic ring is 1. The van der Waals surface area contributed by atoms with Gasteiger partial charge in [0.15, 0.2) is 5.76 Å². The quantitative estimate of drug-likeness (QED) is 0.625. The summed E-state index contributed by atoms with van der Waals surface area (Å²) in [6.07, 6.45) is -3.67. The Hall–Kier alpha value is -3.69. The Labute approximate surface area is 167 Å². The summed E-state index contributed by atoms with van der Waals surface area (Å²) in [5, 5.41) is 0. The average molecular weight is 418 g/mol.